The van der Waals surface area contributed by atoms with Crippen molar-refractivity contribution in [2.75, 3.05) is 0 Å². The lowest BCUT2D eigenvalue weighted by atomic mass is 10.0. The van der Waals surface area contributed by atoms with E-state index in [1.54, 1.807) is 0 Å². The van der Waals surface area contributed by atoms with E-state index in [-0.39, 0.29) is 5.56 Å². The molecule has 1 N–H and O–H groups in total. The van der Waals surface area contributed by atoms with Crippen molar-refractivity contribution in [3.05, 3.63) is 45.9 Å². The molecule has 2 nitrogen and oxygen atoms in total. The van der Waals surface area contributed by atoms with Gasteiger partial charge in [-0.25, -0.2) is 0 Å². The summed E-state index contributed by atoms with van der Waals surface area (Å²) in [7, 11) is 0. The van der Waals surface area contributed by atoms with Gasteiger partial charge in [-0.2, -0.15) is 0 Å². The normalized spacial score (nSPS) is 15.8. The van der Waals surface area contributed by atoms with Gasteiger partial charge in [0.25, 0.3) is 5.56 Å². The Bertz CT molecular complexity index is 579. The molecule has 0 spiro atoms. The molecular weight excluding hydrogens is 186 g/mol. The molecule has 1 heterocycles. The second kappa shape index (κ2) is 2.96. The minimum absolute atomic E-state index is 0.0260. The number of pyridine rings is 1. The Hall–Kier alpha value is -1.57. The summed E-state index contributed by atoms with van der Waals surface area (Å²) in [5.41, 5.74) is 2.48. The summed E-state index contributed by atoms with van der Waals surface area (Å²) in [6.45, 7) is 2.02. The monoisotopic (exact) mass is 199 g/mol. The van der Waals surface area contributed by atoms with Crippen LogP contribution in [-0.2, 0) is 0 Å². The summed E-state index contributed by atoms with van der Waals surface area (Å²) < 4.78 is 0. The molecule has 1 fully saturated rings. The van der Waals surface area contributed by atoms with Crippen LogP contribution < -0.4 is 5.56 Å². The van der Waals surface area contributed by atoms with Gasteiger partial charge >= 0.3 is 0 Å². The van der Waals surface area contributed by atoms with Crippen LogP contribution in [0, 0.1) is 6.92 Å². The van der Waals surface area contributed by atoms with Crippen LogP contribution in [0.4, 0.5) is 0 Å². The molecule has 0 unspecified atom stereocenters. The first-order valence-electron chi connectivity index (χ1n) is 5.37. The molecule has 0 atom stereocenters. The van der Waals surface area contributed by atoms with E-state index in [0.717, 1.165) is 16.3 Å². The van der Waals surface area contributed by atoms with E-state index in [1.165, 1.54) is 18.4 Å². The van der Waals surface area contributed by atoms with Gasteiger partial charge in [0.05, 0.1) is 0 Å². The molecule has 1 aliphatic rings. The van der Waals surface area contributed by atoms with Crippen molar-refractivity contribution in [1.82, 2.24) is 4.98 Å². The average Bonchev–Trinajstić information content (AvgIpc) is 3.03. The molecular formula is C13H13NO. The summed E-state index contributed by atoms with van der Waals surface area (Å²) in [6, 6.07) is 6.13. The molecule has 1 aromatic carbocycles. The first-order chi connectivity index (χ1) is 7.25. The number of nitrogens with one attached hydrogen (secondary N) is 1. The van der Waals surface area contributed by atoms with Gasteiger partial charge in [0, 0.05) is 11.6 Å². The Kier molecular flexibility index (Phi) is 1.72. The highest BCUT2D eigenvalue weighted by Crippen LogP contribution is 2.42. The molecule has 1 aliphatic carbocycles. The third-order valence-electron chi connectivity index (χ3n) is 3.11. The highest BCUT2D eigenvalue weighted by atomic mass is 16.1. The minimum Gasteiger partial charge on any atom is -0.328 e. The van der Waals surface area contributed by atoms with Crippen LogP contribution >= 0.6 is 0 Å². The third kappa shape index (κ3) is 1.37. The maximum Gasteiger partial charge on any atom is 0.255 e. The number of H-pyrrole nitrogens is 1. The standard InChI is InChI=1S/C13H13NO/c1-8-2-5-10-11(6-8)13(15)14-7-12(10)9-3-4-9/h2,5-7,9H,3-4H2,1H3,(H,14,15). The first kappa shape index (κ1) is 8.72. The largest absolute Gasteiger partial charge is 0.328 e. The molecule has 2 aromatic rings. The van der Waals surface area contributed by atoms with E-state index in [9.17, 15) is 4.79 Å². The average molecular weight is 199 g/mol. The number of fused-ring (bicyclic) bond motifs is 1. The number of hydrogen-bond acceptors (Lipinski definition) is 1. The molecule has 1 saturated carbocycles. The van der Waals surface area contributed by atoms with Crippen LogP contribution in [0.25, 0.3) is 10.8 Å². The maximum atomic E-state index is 11.7. The van der Waals surface area contributed by atoms with Crippen LogP contribution in [0.5, 0.6) is 0 Å². The summed E-state index contributed by atoms with van der Waals surface area (Å²) in [5.74, 6) is 0.673. The zero-order valence-electron chi connectivity index (χ0n) is 8.71. The molecule has 0 saturated heterocycles. The van der Waals surface area contributed by atoms with Crippen LogP contribution in [-0.4, -0.2) is 4.98 Å². The van der Waals surface area contributed by atoms with Crippen LogP contribution in [0.1, 0.15) is 29.9 Å². The predicted molar refractivity (Wildman–Crippen MR) is 61.3 cm³/mol. The van der Waals surface area contributed by atoms with E-state index in [1.807, 2.05) is 19.2 Å². The number of aromatic nitrogens is 1. The molecule has 76 valence electrons. The van der Waals surface area contributed by atoms with E-state index < -0.39 is 0 Å². The molecule has 1 aromatic heterocycles. The van der Waals surface area contributed by atoms with Crippen molar-refractivity contribution in [3.63, 3.8) is 0 Å². The Morgan fingerprint density at radius 2 is 2.07 bits per heavy atom. The van der Waals surface area contributed by atoms with Crippen molar-refractivity contribution >= 4 is 10.8 Å². The summed E-state index contributed by atoms with van der Waals surface area (Å²) in [4.78, 5) is 14.5. The second-order valence-corrected chi connectivity index (χ2v) is 4.40. The first-order valence-corrected chi connectivity index (χ1v) is 5.37. The number of rotatable bonds is 1. The van der Waals surface area contributed by atoms with E-state index in [0.29, 0.717) is 5.92 Å². The van der Waals surface area contributed by atoms with Gasteiger partial charge in [0.2, 0.25) is 0 Å². The number of hydrogen-bond donors (Lipinski definition) is 1. The lowest BCUT2D eigenvalue weighted by Gasteiger charge is -2.04. The summed E-state index contributed by atoms with van der Waals surface area (Å²) in [5, 5.41) is 1.96. The molecule has 3 rings (SSSR count). The molecule has 0 amide bonds. The molecule has 0 bridgehead atoms. The van der Waals surface area contributed by atoms with E-state index in [2.05, 4.69) is 17.1 Å². The lowest BCUT2D eigenvalue weighted by molar-refractivity contribution is 1.10. The van der Waals surface area contributed by atoms with E-state index >= 15 is 0 Å². The minimum atomic E-state index is 0.0260. The van der Waals surface area contributed by atoms with Gasteiger partial charge in [-0.15, -0.1) is 0 Å². The Labute approximate surface area is 87.9 Å². The van der Waals surface area contributed by atoms with Crippen LogP contribution in [0.2, 0.25) is 0 Å². The van der Waals surface area contributed by atoms with Gasteiger partial charge in [0.15, 0.2) is 0 Å². The Morgan fingerprint density at radius 3 is 2.80 bits per heavy atom. The highest BCUT2D eigenvalue weighted by Gasteiger charge is 2.25. The Balaban J connectivity index is 2.39. The smallest absolute Gasteiger partial charge is 0.255 e. The van der Waals surface area contributed by atoms with Crippen molar-refractivity contribution in [1.29, 1.82) is 0 Å². The highest BCUT2D eigenvalue weighted by molar-refractivity contribution is 5.86. The Morgan fingerprint density at radius 1 is 1.27 bits per heavy atom. The zero-order valence-corrected chi connectivity index (χ0v) is 8.71. The maximum absolute atomic E-state index is 11.7. The fourth-order valence-corrected chi connectivity index (χ4v) is 2.13. The number of aryl methyl sites for hydroxylation is 1. The van der Waals surface area contributed by atoms with Crippen molar-refractivity contribution in [2.24, 2.45) is 0 Å². The van der Waals surface area contributed by atoms with Crippen LogP contribution in [0.3, 0.4) is 0 Å². The van der Waals surface area contributed by atoms with Crippen molar-refractivity contribution < 1.29 is 0 Å². The fraction of sp³-hybridized carbons (Fsp3) is 0.308. The SMILES string of the molecule is Cc1ccc2c(C3CC3)c[nH]c(=O)c2c1. The molecule has 0 radical (unpaired) electrons. The molecule has 15 heavy (non-hydrogen) atoms. The van der Waals surface area contributed by atoms with Crippen molar-refractivity contribution in [2.45, 2.75) is 25.7 Å². The predicted octanol–water partition coefficient (Wildman–Crippen LogP) is 2.71. The molecule has 2 heteroatoms. The quantitative estimate of drug-likeness (QED) is 0.752. The van der Waals surface area contributed by atoms with Gasteiger partial charge in [-0.1, -0.05) is 17.7 Å². The van der Waals surface area contributed by atoms with Crippen molar-refractivity contribution in [3.8, 4) is 0 Å². The topological polar surface area (TPSA) is 32.9 Å². The van der Waals surface area contributed by atoms with Gasteiger partial charge in [-0.05, 0) is 42.7 Å². The molecule has 0 aliphatic heterocycles. The number of benzene rings is 1. The second-order valence-electron chi connectivity index (χ2n) is 4.40. The number of aromatic amines is 1. The lowest BCUT2D eigenvalue weighted by Crippen LogP contribution is -2.06. The summed E-state index contributed by atoms with van der Waals surface area (Å²) in [6.07, 6.45) is 4.40. The third-order valence-corrected chi connectivity index (χ3v) is 3.11. The zero-order chi connectivity index (χ0) is 10.4. The van der Waals surface area contributed by atoms with Gasteiger partial charge in [0.1, 0.15) is 0 Å². The van der Waals surface area contributed by atoms with E-state index in [4.69, 9.17) is 0 Å². The fourth-order valence-electron chi connectivity index (χ4n) is 2.13. The van der Waals surface area contributed by atoms with Crippen LogP contribution in [0.15, 0.2) is 29.2 Å². The van der Waals surface area contributed by atoms with Gasteiger partial charge < -0.3 is 4.98 Å². The van der Waals surface area contributed by atoms with Gasteiger partial charge in [-0.3, -0.25) is 4.79 Å². The summed E-state index contributed by atoms with van der Waals surface area (Å²) >= 11 is 0.